The standard InChI is InChI=1S/C17H22Cl2N2O2/c1-12(22)21(16-9-8-13(18)10-15(16)19)11-17(23)20-14-6-4-2-3-5-7-14/h8-10,14H,2-7,11H2,1H3,(H,20,23). The molecule has 2 amide bonds. The predicted octanol–water partition coefficient (Wildman–Crippen LogP) is 4.19. The van der Waals surface area contributed by atoms with Crippen LogP contribution in [0.3, 0.4) is 0 Å². The van der Waals surface area contributed by atoms with Crippen LogP contribution in [-0.4, -0.2) is 24.4 Å². The van der Waals surface area contributed by atoms with E-state index in [0.29, 0.717) is 15.7 Å². The molecule has 0 radical (unpaired) electrons. The molecule has 6 heteroatoms. The fourth-order valence-electron chi connectivity index (χ4n) is 2.91. The molecule has 1 N–H and O–H groups in total. The van der Waals surface area contributed by atoms with Gasteiger partial charge in [0.2, 0.25) is 11.8 Å². The van der Waals surface area contributed by atoms with Gasteiger partial charge in [-0.2, -0.15) is 0 Å². The number of nitrogens with one attached hydrogen (secondary N) is 1. The lowest BCUT2D eigenvalue weighted by Gasteiger charge is -2.24. The van der Waals surface area contributed by atoms with E-state index in [-0.39, 0.29) is 24.4 Å². The number of rotatable bonds is 4. The van der Waals surface area contributed by atoms with Crippen LogP contribution in [0.2, 0.25) is 10.0 Å². The van der Waals surface area contributed by atoms with E-state index in [1.807, 2.05) is 0 Å². The van der Waals surface area contributed by atoms with Gasteiger partial charge >= 0.3 is 0 Å². The van der Waals surface area contributed by atoms with Crippen molar-refractivity contribution >= 4 is 40.7 Å². The highest BCUT2D eigenvalue weighted by Crippen LogP contribution is 2.29. The normalized spacial score (nSPS) is 15.8. The van der Waals surface area contributed by atoms with Crippen molar-refractivity contribution in [1.29, 1.82) is 0 Å². The number of halogens is 2. The third-order valence-electron chi connectivity index (χ3n) is 4.10. The lowest BCUT2D eigenvalue weighted by Crippen LogP contribution is -2.43. The summed E-state index contributed by atoms with van der Waals surface area (Å²) in [5.74, 6) is -0.386. The van der Waals surface area contributed by atoms with Crippen LogP contribution >= 0.6 is 23.2 Å². The maximum atomic E-state index is 12.3. The Morgan fingerprint density at radius 1 is 1.17 bits per heavy atom. The Morgan fingerprint density at radius 3 is 2.39 bits per heavy atom. The molecule has 1 saturated carbocycles. The maximum Gasteiger partial charge on any atom is 0.240 e. The lowest BCUT2D eigenvalue weighted by molar-refractivity contribution is -0.123. The molecule has 4 nitrogen and oxygen atoms in total. The van der Waals surface area contributed by atoms with E-state index < -0.39 is 0 Å². The first-order chi connectivity index (χ1) is 11.0. The summed E-state index contributed by atoms with van der Waals surface area (Å²) >= 11 is 12.0. The second-order valence-corrected chi connectivity index (χ2v) is 6.80. The van der Waals surface area contributed by atoms with Gasteiger partial charge in [-0.15, -0.1) is 0 Å². The first-order valence-electron chi connectivity index (χ1n) is 8.00. The van der Waals surface area contributed by atoms with Crippen molar-refractivity contribution in [3.05, 3.63) is 28.2 Å². The first kappa shape index (κ1) is 18.1. The highest BCUT2D eigenvalue weighted by Gasteiger charge is 2.21. The molecule has 0 aromatic heterocycles. The minimum absolute atomic E-state index is 0.0345. The minimum atomic E-state index is -0.231. The van der Waals surface area contributed by atoms with Gasteiger partial charge in [0.15, 0.2) is 0 Å². The first-order valence-corrected chi connectivity index (χ1v) is 8.75. The molecule has 0 heterocycles. The molecular formula is C17H22Cl2N2O2. The third kappa shape index (κ3) is 5.40. The molecule has 0 unspecified atom stereocenters. The Morgan fingerprint density at radius 2 is 1.83 bits per heavy atom. The van der Waals surface area contributed by atoms with Gasteiger partial charge in [0.25, 0.3) is 0 Å². The number of hydrogen-bond donors (Lipinski definition) is 1. The van der Waals surface area contributed by atoms with Crippen molar-refractivity contribution in [2.45, 2.75) is 51.5 Å². The Labute approximate surface area is 147 Å². The van der Waals surface area contributed by atoms with E-state index in [2.05, 4.69) is 5.32 Å². The molecule has 1 aliphatic carbocycles. The highest BCUT2D eigenvalue weighted by atomic mass is 35.5. The van der Waals surface area contributed by atoms with E-state index in [0.717, 1.165) is 25.7 Å². The summed E-state index contributed by atoms with van der Waals surface area (Å²) in [5.41, 5.74) is 0.500. The molecule has 0 atom stereocenters. The summed E-state index contributed by atoms with van der Waals surface area (Å²) in [6, 6.07) is 5.09. The topological polar surface area (TPSA) is 49.4 Å². The molecule has 0 spiro atoms. The summed E-state index contributed by atoms with van der Waals surface area (Å²) in [4.78, 5) is 25.6. The summed E-state index contributed by atoms with van der Waals surface area (Å²) < 4.78 is 0. The van der Waals surface area contributed by atoms with Crippen molar-refractivity contribution < 1.29 is 9.59 Å². The van der Waals surface area contributed by atoms with Crippen molar-refractivity contribution in [1.82, 2.24) is 5.32 Å². The number of nitrogens with zero attached hydrogens (tertiary/aromatic N) is 1. The fraction of sp³-hybridized carbons (Fsp3) is 0.529. The van der Waals surface area contributed by atoms with Gasteiger partial charge < -0.3 is 10.2 Å². The van der Waals surface area contributed by atoms with Crippen LogP contribution < -0.4 is 10.2 Å². The van der Waals surface area contributed by atoms with Crippen molar-refractivity contribution in [2.75, 3.05) is 11.4 Å². The smallest absolute Gasteiger partial charge is 0.240 e. The van der Waals surface area contributed by atoms with Gasteiger partial charge in [-0.3, -0.25) is 9.59 Å². The molecule has 0 bridgehead atoms. The Hall–Kier alpha value is -1.26. The molecule has 0 aliphatic heterocycles. The van der Waals surface area contributed by atoms with Crippen LogP contribution in [0, 0.1) is 0 Å². The molecule has 126 valence electrons. The van der Waals surface area contributed by atoms with E-state index >= 15 is 0 Å². The number of hydrogen-bond acceptors (Lipinski definition) is 2. The molecule has 1 aliphatic rings. The summed E-state index contributed by atoms with van der Waals surface area (Å²) in [5, 5.41) is 3.89. The Bertz CT molecular complexity index is 570. The lowest BCUT2D eigenvalue weighted by atomic mass is 10.1. The van der Waals surface area contributed by atoms with Gasteiger partial charge in [0.1, 0.15) is 6.54 Å². The van der Waals surface area contributed by atoms with Crippen molar-refractivity contribution in [2.24, 2.45) is 0 Å². The van der Waals surface area contributed by atoms with Crippen LogP contribution in [-0.2, 0) is 9.59 Å². The van der Waals surface area contributed by atoms with Crippen molar-refractivity contribution in [3.63, 3.8) is 0 Å². The van der Waals surface area contributed by atoms with E-state index in [4.69, 9.17) is 23.2 Å². The number of benzene rings is 1. The van der Waals surface area contributed by atoms with Gasteiger partial charge in [-0.05, 0) is 31.0 Å². The molecule has 1 fully saturated rings. The van der Waals surface area contributed by atoms with Crippen LogP contribution in [0.1, 0.15) is 45.4 Å². The van der Waals surface area contributed by atoms with Crippen molar-refractivity contribution in [3.8, 4) is 0 Å². The van der Waals surface area contributed by atoms with E-state index in [1.165, 1.54) is 24.7 Å². The fourth-order valence-corrected chi connectivity index (χ4v) is 3.42. The average Bonchev–Trinajstić information content (AvgIpc) is 2.74. The largest absolute Gasteiger partial charge is 0.352 e. The monoisotopic (exact) mass is 356 g/mol. The Balaban J connectivity index is 2.03. The quantitative estimate of drug-likeness (QED) is 0.822. The number of carbonyl (C=O) groups is 2. The number of carbonyl (C=O) groups excluding carboxylic acids is 2. The predicted molar refractivity (Wildman–Crippen MR) is 94.1 cm³/mol. The third-order valence-corrected chi connectivity index (χ3v) is 4.64. The van der Waals surface area contributed by atoms with Crippen LogP contribution in [0.25, 0.3) is 0 Å². The second-order valence-electron chi connectivity index (χ2n) is 5.96. The molecular weight excluding hydrogens is 335 g/mol. The Kier molecular flexibility index (Phi) is 6.72. The minimum Gasteiger partial charge on any atom is -0.352 e. The molecule has 2 rings (SSSR count). The number of amides is 2. The zero-order chi connectivity index (χ0) is 16.8. The van der Waals surface area contributed by atoms with E-state index in [9.17, 15) is 9.59 Å². The summed E-state index contributed by atoms with van der Waals surface area (Å²) in [7, 11) is 0. The zero-order valence-electron chi connectivity index (χ0n) is 13.3. The van der Waals surface area contributed by atoms with Gasteiger partial charge in [0.05, 0.1) is 10.7 Å². The van der Waals surface area contributed by atoms with E-state index in [1.54, 1.807) is 18.2 Å². The van der Waals surface area contributed by atoms with Crippen LogP contribution in [0.4, 0.5) is 5.69 Å². The summed E-state index contributed by atoms with van der Waals surface area (Å²) in [6.07, 6.45) is 6.76. The van der Waals surface area contributed by atoms with Crippen LogP contribution in [0.5, 0.6) is 0 Å². The molecule has 23 heavy (non-hydrogen) atoms. The zero-order valence-corrected chi connectivity index (χ0v) is 14.8. The average molecular weight is 357 g/mol. The molecule has 1 aromatic carbocycles. The summed E-state index contributed by atoms with van der Waals surface area (Å²) in [6.45, 7) is 1.39. The van der Waals surface area contributed by atoms with Gasteiger partial charge in [0, 0.05) is 18.0 Å². The van der Waals surface area contributed by atoms with Crippen LogP contribution in [0.15, 0.2) is 18.2 Å². The second kappa shape index (κ2) is 8.55. The van der Waals surface area contributed by atoms with Gasteiger partial charge in [-0.25, -0.2) is 0 Å². The van der Waals surface area contributed by atoms with Gasteiger partial charge in [-0.1, -0.05) is 48.9 Å². The SMILES string of the molecule is CC(=O)N(CC(=O)NC1CCCCCC1)c1ccc(Cl)cc1Cl. The maximum absolute atomic E-state index is 12.3. The molecule has 0 saturated heterocycles. The molecule has 1 aromatic rings. The highest BCUT2D eigenvalue weighted by molar-refractivity contribution is 6.36. The number of anilines is 1.